The predicted octanol–water partition coefficient (Wildman–Crippen LogP) is 1.61. The first-order chi connectivity index (χ1) is 6.83. The fourth-order valence-corrected chi connectivity index (χ4v) is 2.48. The van der Waals surface area contributed by atoms with Crippen LogP contribution in [0, 0.1) is 18.8 Å². The van der Waals surface area contributed by atoms with Crippen LogP contribution in [-0.2, 0) is 0 Å². The van der Waals surface area contributed by atoms with Crippen LogP contribution < -0.4 is 5.32 Å². The van der Waals surface area contributed by atoms with E-state index in [-0.39, 0.29) is 0 Å². The zero-order valence-electron chi connectivity index (χ0n) is 8.29. The molecular weight excluding hydrogens is 176 g/mol. The van der Waals surface area contributed by atoms with Crippen molar-refractivity contribution in [2.24, 2.45) is 11.8 Å². The van der Waals surface area contributed by atoms with Crippen molar-refractivity contribution < 1.29 is 4.52 Å². The largest absolute Gasteiger partial charge is 0.356 e. The highest BCUT2D eigenvalue weighted by atomic mass is 16.5. The molecular formula is C11H14N2O. The van der Waals surface area contributed by atoms with Crippen molar-refractivity contribution >= 4 is 5.57 Å². The van der Waals surface area contributed by atoms with Crippen molar-refractivity contribution in [3.8, 4) is 0 Å². The average molecular weight is 190 g/mol. The summed E-state index contributed by atoms with van der Waals surface area (Å²) < 4.78 is 5.27. The molecule has 74 valence electrons. The molecule has 0 bridgehead atoms. The first-order valence-electron chi connectivity index (χ1n) is 5.18. The fourth-order valence-electron chi connectivity index (χ4n) is 2.48. The Bertz CT molecular complexity index is 380. The van der Waals surface area contributed by atoms with E-state index >= 15 is 0 Å². The van der Waals surface area contributed by atoms with Gasteiger partial charge in [0.2, 0.25) is 0 Å². The van der Waals surface area contributed by atoms with Gasteiger partial charge in [0.05, 0.1) is 5.69 Å². The van der Waals surface area contributed by atoms with Crippen LogP contribution >= 0.6 is 0 Å². The lowest BCUT2D eigenvalue weighted by molar-refractivity contribution is 0.403. The molecule has 2 atom stereocenters. The van der Waals surface area contributed by atoms with Gasteiger partial charge in [0.15, 0.2) is 5.76 Å². The molecule has 2 heterocycles. The lowest BCUT2D eigenvalue weighted by atomic mass is 9.99. The van der Waals surface area contributed by atoms with Gasteiger partial charge >= 0.3 is 0 Å². The monoisotopic (exact) mass is 190 g/mol. The van der Waals surface area contributed by atoms with E-state index in [0.29, 0.717) is 0 Å². The van der Waals surface area contributed by atoms with Gasteiger partial charge in [0.1, 0.15) is 0 Å². The molecule has 0 radical (unpaired) electrons. The molecule has 1 saturated heterocycles. The van der Waals surface area contributed by atoms with Gasteiger partial charge in [-0.1, -0.05) is 11.2 Å². The number of aryl methyl sites for hydroxylation is 1. The molecule has 2 aliphatic rings. The van der Waals surface area contributed by atoms with Crippen molar-refractivity contribution in [3.05, 3.63) is 23.6 Å². The Balaban J connectivity index is 1.87. The molecule has 14 heavy (non-hydrogen) atoms. The number of hydrogen-bond donors (Lipinski definition) is 1. The quantitative estimate of drug-likeness (QED) is 0.731. The molecule has 1 fully saturated rings. The van der Waals surface area contributed by atoms with Crippen LogP contribution in [0.4, 0.5) is 0 Å². The Hall–Kier alpha value is -1.09. The van der Waals surface area contributed by atoms with E-state index in [2.05, 4.69) is 16.5 Å². The molecule has 0 unspecified atom stereocenters. The molecule has 1 N–H and O–H groups in total. The number of aromatic nitrogens is 1. The summed E-state index contributed by atoms with van der Waals surface area (Å²) in [5.41, 5.74) is 2.32. The Morgan fingerprint density at radius 2 is 2.43 bits per heavy atom. The lowest BCUT2D eigenvalue weighted by Crippen LogP contribution is -2.09. The minimum Gasteiger partial charge on any atom is -0.356 e. The van der Waals surface area contributed by atoms with Crippen molar-refractivity contribution in [1.82, 2.24) is 10.5 Å². The van der Waals surface area contributed by atoms with Gasteiger partial charge in [-0.3, -0.25) is 0 Å². The normalized spacial score (nSPS) is 30.5. The third-order valence-electron chi connectivity index (χ3n) is 3.23. The van der Waals surface area contributed by atoms with Gasteiger partial charge in [-0.15, -0.1) is 0 Å². The maximum Gasteiger partial charge on any atom is 0.162 e. The van der Waals surface area contributed by atoms with Crippen molar-refractivity contribution in [2.75, 3.05) is 13.1 Å². The summed E-state index contributed by atoms with van der Waals surface area (Å²) in [7, 11) is 0. The molecule has 3 rings (SSSR count). The molecule has 3 nitrogen and oxygen atoms in total. The summed E-state index contributed by atoms with van der Waals surface area (Å²) in [5, 5.41) is 7.33. The second-order valence-electron chi connectivity index (χ2n) is 4.31. The van der Waals surface area contributed by atoms with E-state index in [1.165, 1.54) is 5.57 Å². The van der Waals surface area contributed by atoms with E-state index in [1.54, 1.807) is 0 Å². The van der Waals surface area contributed by atoms with Gasteiger partial charge in [0, 0.05) is 12.6 Å². The zero-order valence-corrected chi connectivity index (χ0v) is 8.29. The third-order valence-corrected chi connectivity index (χ3v) is 3.23. The first kappa shape index (κ1) is 8.24. The zero-order chi connectivity index (χ0) is 9.54. The van der Waals surface area contributed by atoms with E-state index in [9.17, 15) is 0 Å². The Morgan fingerprint density at radius 1 is 1.50 bits per heavy atom. The lowest BCUT2D eigenvalue weighted by Gasteiger charge is -2.04. The van der Waals surface area contributed by atoms with Crippen LogP contribution in [0.25, 0.3) is 5.57 Å². The highest BCUT2D eigenvalue weighted by molar-refractivity contribution is 5.64. The molecule has 1 aromatic heterocycles. The summed E-state index contributed by atoms with van der Waals surface area (Å²) >= 11 is 0. The van der Waals surface area contributed by atoms with Gasteiger partial charge in [0.25, 0.3) is 0 Å². The van der Waals surface area contributed by atoms with Crippen LogP contribution in [-0.4, -0.2) is 18.2 Å². The number of nitrogens with zero attached hydrogens (tertiary/aromatic N) is 1. The summed E-state index contributed by atoms with van der Waals surface area (Å²) in [4.78, 5) is 0. The summed E-state index contributed by atoms with van der Waals surface area (Å²) in [6.45, 7) is 4.24. The topological polar surface area (TPSA) is 38.1 Å². The molecule has 0 saturated carbocycles. The van der Waals surface area contributed by atoms with E-state index < -0.39 is 0 Å². The van der Waals surface area contributed by atoms with E-state index in [1.807, 2.05) is 13.0 Å². The molecule has 0 amide bonds. The summed E-state index contributed by atoms with van der Waals surface area (Å²) in [6, 6.07) is 2.03. The molecule has 3 heteroatoms. The summed E-state index contributed by atoms with van der Waals surface area (Å²) in [5.74, 6) is 2.47. The predicted molar refractivity (Wildman–Crippen MR) is 53.7 cm³/mol. The number of nitrogens with one attached hydrogen (secondary N) is 1. The maximum atomic E-state index is 5.27. The van der Waals surface area contributed by atoms with Crippen LogP contribution in [0.2, 0.25) is 0 Å². The number of rotatable bonds is 1. The highest BCUT2D eigenvalue weighted by Crippen LogP contribution is 2.38. The first-order valence-corrected chi connectivity index (χ1v) is 5.18. The molecule has 1 aliphatic heterocycles. The third kappa shape index (κ3) is 1.20. The van der Waals surface area contributed by atoms with Gasteiger partial charge in [-0.05, 0) is 37.3 Å². The second kappa shape index (κ2) is 2.95. The van der Waals surface area contributed by atoms with Crippen molar-refractivity contribution in [2.45, 2.75) is 13.3 Å². The van der Waals surface area contributed by atoms with Crippen molar-refractivity contribution in [3.63, 3.8) is 0 Å². The maximum absolute atomic E-state index is 5.27. The standard InChI is InChI=1S/C11H14N2O/c1-7-2-11(14-13-7)8-3-9-5-12-6-10(9)4-8/h2-3,9-10,12H,4-6H2,1H3/t9-,10+/m1/s1. The van der Waals surface area contributed by atoms with Crippen molar-refractivity contribution in [1.29, 1.82) is 0 Å². The molecule has 0 spiro atoms. The minimum absolute atomic E-state index is 0.718. The number of fused-ring (bicyclic) bond motifs is 1. The Labute approximate surface area is 83.2 Å². The molecule has 1 aromatic rings. The molecule has 1 aliphatic carbocycles. The summed E-state index contributed by atoms with van der Waals surface area (Å²) in [6.07, 6.45) is 3.50. The fraction of sp³-hybridized carbons (Fsp3) is 0.545. The number of allylic oxidation sites excluding steroid dienone is 1. The van der Waals surface area contributed by atoms with Crippen LogP contribution in [0.15, 0.2) is 16.7 Å². The van der Waals surface area contributed by atoms with E-state index in [0.717, 1.165) is 42.8 Å². The van der Waals surface area contributed by atoms with Crippen LogP contribution in [0.5, 0.6) is 0 Å². The van der Waals surface area contributed by atoms with Gasteiger partial charge in [-0.25, -0.2) is 0 Å². The second-order valence-corrected chi connectivity index (χ2v) is 4.31. The number of hydrogen-bond acceptors (Lipinski definition) is 3. The Kier molecular flexibility index (Phi) is 1.74. The van der Waals surface area contributed by atoms with Crippen LogP contribution in [0.3, 0.4) is 0 Å². The van der Waals surface area contributed by atoms with Gasteiger partial charge < -0.3 is 9.84 Å². The minimum atomic E-state index is 0.718. The molecule has 0 aromatic carbocycles. The Morgan fingerprint density at radius 3 is 3.14 bits per heavy atom. The SMILES string of the molecule is Cc1cc(C2=C[C@@H]3CNC[C@@H]3C2)on1. The highest BCUT2D eigenvalue weighted by Gasteiger charge is 2.32. The van der Waals surface area contributed by atoms with E-state index in [4.69, 9.17) is 4.52 Å². The smallest absolute Gasteiger partial charge is 0.162 e. The van der Waals surface area contributed by atoms with Gasteiger partial charge in [-0.2, -0.15) is 0 Å². The average Bonchev–Trinajstić information content (AvgIpc) is 2.75. The van der Waals surface area contributed by atoms with Crippen LogP contribution in [0.1, 0.15) is 17.9 Å².